The number of nitrogens with one attached hydrogen (secondary N) is 1. The molecule has 25 heavy (non-hydrogen) atoms. The molecular weight excluding hydrogens is 318 g/mol. The number of imidazole rings is 1. The first kappa shape index (κ1) is 16.4. The Kier molecular flexibility index (Phi) is 4.61. The predicted molar refractivity (Wildman–Crippen MR) is 93.1 cm³/mol. The number of H-pyrrole nitrogens is 1. The molecule has 0 saturated heterocycles. The maximum Gasteiger partial charge on any atom is 0.314 e. The quantitative estimate of drug-likeness (QED) is 0.643. The van der Waals surface area contributed by atoms with Crippen LogP contribution in [0.15, 0.2) is 60.8 Å². The van der Waals surface area contributed by atoms with E-state index in [9.17, 15) is 14.7 Å². The maximum atomic E-state index is 11.7. The first-order chi connectivity index (χ1) is 12.0. The van der Waals surface area contributed by atoms with E-state index >= 15 is 0 Å². The van der Waals surface area contributed by atoms with Crippen LogP contribution in [-0.4, -0.2) is 27.0 Å². The van der Waals surface area contributed by atoms with Gasteiger partial charge in [-0.2, -0.15) is 0 Å². The van der Waals surface area contributed by atoms with Crippen LogP contribution in [-0.2, 0) is 11.2 Å². The van der Waals surface area contributed by atoms with Gasteiger partial charge in [0.1, 0.15) is 11.7 Å². The lowest BCUT2D eigenvalue weighted by molar-refractivity contribution is -0.138. The Morgan fingerprint density at radius 3 is 2.36 bits per heavy atom. The highest BCUT2D eigenvalue weighted by Crippen LogP contribution is 2.23. The Hall–Kier alpha value is -3.41. The molecule has 1 aromatic heterocycles. The van der Waals surface area contributed by atoms with Crippen molar-refractivity contribution in [2.75, 3.05) is 0 Å². The zero-order valence-corrected chi connectivity index (χ0v) is 13.3. The van der Waals surface area contributed by atoms with Crippen LogP contribution in [0.4, 0.5) is 0 Å². The molecule has 0 bridgehead atoms. The van der Waals surface area contributed by atoms with Crippen LogP contribution in [0.3, 0.4) is 0 Å². The van der Waals surface area contributed by atoms with Gasteiger partial charge in [-0.1, -0.05) is 42.5 Å². The summed E-state index contributed by atoms with van der Waals surface area (Å²) in [5.74, 6) is -1.80. The van der Waals surface area contributed by atoms with Crippen molar-refractivity contribution in [2.45, 2.75) is 12.3 Å². The van der Waals surface area contributed by atoms with Crippen LogP contribution in [0.25, 0.3) is 11.3 Å². The van der Waals surface area contributed by atoms with E-state index in [1.54, 1.807) is 30.5 Å². The molecular formula is C19H17N3O3. The second-order valence-corrected chi connectivity index (χ2v) is 5.70. The Balaban J connectivity index is 1.85. The van der Waals surface area contributed by atoms with Crippen LogP contribution < -0.4 is 5.73 Å². The highest BCUT2D eigenvalue weighted by atomic mass is 16.4. The van der Waals surface area contributed by atoms with E-state index in [0.717, 1.165) is 11.1 Å². The summed E-state index contributed by atoms with van der Waals surface area (Å²) < 4.78 is 0. The molecule has 1 amide bonds. The van der Waals surface area contributed by atoms with Crippen molar-refractivity contribution in [3.8, 4) is 11.3 Å². The van der Waals surface area contributed by atoms with E-state index in [1.807, 2.05) is 30.3 Å². The van der Waals surface area contributed by atoms with Gasteiger partial charge in [0, 0.05) is 5.56 Å². The first-order valence-electron chi connectivity index (χ1n) is 7.76. The molecule has 6 heteroatoms. The number of carboxylic acids is 1. The Labute approximate surface area is 144 Å². The molecule has 0 radical (unpaired) electrons. The van der Waals surface area contributed by atoms with E-state index in [2.05, 4.69) is 9.97 Å². The average molecular weight is 335 g/mol. The minimum absolute atomic E-state index is 0.351. The largest absolute Gasteiger partial charge is 0.481 e. The van der Waals surface area contributed by atoms with Gasteiger partial charge in [0.25, 0.3) is 0 Å². The monoisotopic (exact) mass is 335 g/mol. The number of amides is 1. The van der Waals surface area contributed by atoms with Crippen LogP contribution >= 0.6 is 0 Å². The zero-order valence-electron chi connectivity index (χ0n) is 13.3. The van der Waals surface area contributed by atoms with Gasteiger partial charge in [0.15, 0.2) is 0 Å². The minimum atomic E-state index is -0.936. The van der Waals surface area contributed by atoms with Crippen molar-refractivity contribution in [2.24, 2.45) is 5.73 Å². The van der Waals surface area contributed by atoms with E-state index < -0.39 is 17.8 Å². The van der Waals surface area contributed by atoms with Gasteiger partial charge in [-0.05, 0) is 29.7 Å². The Bertz CT molecular complexity index is 886. The van der Waals surface area contributed by atoms with Crippen LogP contribution in [0.1, 0.15) is 27.7 Å². The molecule has 1 unspecified atom stereocenters. The molecule has 1 atom stereocenters. The molecule has 4 N–H and O–H groups in total. The number of benzene rings is 2. The second-order valence-electron chi connectivity index (χ2n) is 5.70. The van der Waals surface area contributed by atoms with Gasteiger partial charge < -0.3 is 15.8 Å². The van der Waals surface area contributed by atoms with Crippen molar-refractivity contribution in [3.05, 3.63) is 77.7 Å². The third-order valence-electron chi connectivity index (χ3n) is 3.99. The maximum absolute atomic E-state index is 11.7. The topological polar surface area (TPSA) is 109 Å². The number of carbonyl (C=O) groups is 2. The molecule has 126 valence electrons. The van der Waals surface area contributed by atoms with Crippen LogP contribution in [0.5, 0.6) is 0 Å². The predicted octanol–water partition coefficient (Wildman–Crippen LogP) is 2.59. The van der Waals surface area contributed by atoms with Gasteiger partial charge in [-0.3, -0.25) is 9.59 Å². The average Bonchev–Trinajstić information content (AvgIpc) is 3.10. The van der Waals surface area contributed by atoms with Crippen molar-refractivity contribution in [1.29, 1.82) is 0 Å². The summed E-state index contributed by atoms with van der Waals surface area (Å²) in [5.41, 5.74) is 8.06. The van der Waals surface area contributed by atoms with Crippen molar-refractivity contribution in [3.63, 3.8) is 0 Å². The number of aliphatic carboxylic acids is 1. The number of nitrogens with zero attached hydrogens (tertiary/aromatic N) is 1. The summed E-state index contributed by atoms with van der Waals surface area (Å²) in [6.07, 6.45) is 1.94. The van der Waals surface area contributed by atoms with Gasteiger partial charge in [-0.15, -0.1) is 0 Å². The van der Waals surface area contributed by atoms with Gasteiger partial charge in [0.05, 0.1) is 11.9 Å². The number of rotatable bonds is 6. The van der Waals surface area contributed by atoms with Gasteiger partial charge in [0.2, 0.25) is 5.91 Å². The highest BCUT2D eigenvalue weighted by molar-refractivity contribution is 5.93. The molecule has 3 rings (SSSR count). The van der Waals surface area contributed by atoms with Crippen molar-refractivity contribution >= 4 is 11.9 Å². The smallest absolute Gasteiger partial charge is 0.314 e. The Morgan fingerprint density at radius 2 is 1.76 bits per heavy atom. The lowest BCUT2D eigenvalue weighted by atomic mass is 9.99. The first-order valence-corrected chi connectivity index (χ1v) is 7.76. The SMILES string of the molecule is NC(=O)c1ccc(-c2cnc(C(Cc3ccccc3)C(=O)O)[nH]2)cc1. The fourth-order valence-corrected chi connectivity index (χ4v) is 2.63. The molecule has 2 aromatic carbocycles. The fourth-order valence-electron chi connectivity index (χ4n) is 2.63. The summed E-state index contributed by atoms with van der Waals surface area (Å²) in [6, 6.07) is 16.2. The fraction of sp³-hybridized carbons (Fsp3) is 0.105. The molecule has 1 heterocycles. The number of primary amides is 1. The number of aromatic amines is 1. The summed E-state index contributed by atoms with van der Waals surface area (Å²) in [6.45, 7) is 0. The standard InChI is InChI=1S/C19H17N3O3/c20-17(23)14-8-6-13(7-9-14)16-11-21-18(22-16)15(19(24)25)10-12-4-2-1-3-5-12/h1-9,11,15H,10H2,(H2,20,23)(H,21,22)(H,24,25). The van der Waals surface area contributed by atoms with Gasteiger partial charge >= 0.3 is 5.97 Å². The number of hydrogen-bond acceptors (Lipinski definition) is 3. The number of hydrogen-bond donors (Lipinski definition) is 3. The molecule has 0 aliphatic carbocycles. The molecule has 0 aliphatic rings. The van der Waals surface area contributed by atoms with E-state index in [0.29, 0.717) is 23.5 Å². The number of carboxylic acid groups (broad SMARTS) is 1. The van der Waals surface area contributed by atoms with E-state index in [4.69, 9.17) is 5.73 Å². The highest BCUT2D eigenvalue weighted by Gasteiger charge is 2.23. The number of carbonyl (C=O) groups excluding carboxylic acids is 1. The lowest BCUT2D eigenvalue weighted by Gasteiger charge is -2.09. The molecule has 0 saturated carbocycles. The minimum Gasteiger partial charge on any atom is -0.481 e. The third-order valence-corrected chi connectivity index (χ3v) is 3.99. The lowest BCUT2D eigenvalue weighted by Crippen LogP contribution is -2.16. The molecule has 3 aromatic rings. The van der Waals surface area contributed by atoms with Crippen LogP contribution in [0, 0.1) is 0 Å². The number of aromatic nitrogens is 2. The summed E-state index contributed by atoms with van der Waals surface area (Å²) in [4.78, 5) is 30.1. The van der Waals surface area contributed by atoms with Gasteiger partial charge in [-0.25, -0.2) is 4.98 Å². The molecule has 0 spiro atoms. The third kappa shape index (κ3) is 3.74. The molecule has 0 aliphatic heterocycles. The molecule has 6 nitrogen and oxygen atoms in total. The van der Waals surface area contributed by atoms with Crippen LogP contribution in [0.2, 0.25) is 0 Å². The summed E-state index contributed by atoms with van der Waals surface area (Å²) in [7, 11) is 0. The van der Waals surface area contributed by atoms with Crippen molar-refractivity contribution < 1.29 is 14.7 Å². The normalized spacial score (nSPS) is 11.8. The van der Waals surface area contributed by atoms with E-state index in [1.165, 1.54) is 0 Å². The molecule has 0 fully saturated rings. The summed E-state index contributed by atoms with van der Waals surface area (Å²) >= 11 is 0. The van der Waals surface area contributed by atoms with E-state index in [-0.39, 0.29) is 0 Å². The Morgan fingerprint density at radius 1 is 1.08 bits per heavy atom. The van der Waals surface area contributed by atoms with Crippen molar-refractivity contribution in [1.82, 2.24) is 9.97 Å². The zero-order chi connectivity index (χ0) is 17.8. The second kappa shape index (κ2) is 7.00. The number of nitrogens with two attached hydrogens (primary N) is 1. The summed E-state index contributed by atoms with van der Waals surface area (Å²) in [5, 5.41) is 9.55.